The number of hydrogen-bond donors (Lipinski definition) is 0. The van der Waals surface area contributed by atoms with Crippen molar-refractivity contribution < 1.29 is 13.9 Å². The average molecular weight is 339 g/mol. The second kappa shape index (κ2) is 7.70. The highest BCUT2D eigenvalue weighted by molar-refractivity contribution is 5.54. The molecule has 2 aromatic heterocycles. The zero-order chi connectivity index (χ0) is 17.6. The van der Waals surface area contributed by atoms with Crippen molar-refractivity contribution >= 4 is 0 Å². The van der Waals surface area contributed by atoms with Crippen molar-refractivity contribution in [1.82, 2.24) is 15.0 Å². The number of nitrogens with zero attached hydrogens (tertiary/aromatic N) is 3. The molecule has 0 N–H and O–H groups in total. The molecule has 0 saturated carbocycles. The van der Waals surface area contributed by atoms with Crippen LogP contribution in [0.3, 0.4) is 0 Å². The van der Waals surface area contributed by atoms with E-state index < -0.39 is 5.82 Å². The van der Waals surface area contributed by atoms with Crippen LogP contribution in [0.2, 0.25) is 0 Å². The van der Waals surface area contributed by atoms with Crippen LogP contribution in [0, 0.1) is 5.82 Å². The minimum absolute atomic E-state index is 0.205. The van der Waals surface area contributed by atoms with Gasteiger partial charge in [-0.1, -0.05) is 13.0 Å². The van der Waals surface area contributed by atoms with Crippen molar-refractivity contribution in [2.45, 2.75) is 20.0 Å². The summed E-state index contributed by atoms with van der Waals surface area (Å²) in [6.07, 6.45) is 4.14. The Kier molecular flexibility index (Phi) is 5.18. The molecule has 0 aliphatic rings. The lowest BCUT2D eigenvalue weighted by Crippen LogP contribution is -2.02. The molecule has 3 aromatic rings. The van der Waals surface area contributed by atoms with Gasteiger partial charge in [0.2, 0.25) is 5.88 Å². The van der Waals surface area contributed by atoms with E-state index in [2.05, 4.69) is 15.0 Å². The molecule has 0 aliphatic heterocycles. The third kappa shape index (κ3) is 4.09. The molecule has 0 amide bonds. The Labute approximate surface area is 145 Å². The predicted molar refractivity (Wildman–Crippen MR) is 91.9 cm³/mol. The number of halogens is 1. The molecular weight excluding hydrogens is 321 g/mol. The molecular formula is C19H18FN3O2. The molecule has 0 aliphatic carbocycles. The van der Waals surface area contributed by atoms with Crippen LogP contribution in [0.1, 0.15) is 18.2 Å². The van der Waals surface area contributed by atoms with E-state index in [0.717, 1.165) is 17.7 Å². The fraction of sp³-hybridized carbons (Fsp3) is 0.211. The molecule has 25 heavy (non-hydrogen) atoms. The number of rotatable bonds is 6. The Hall–Kier alpha value is -3.02. The molecule has 0 fully saturated rings. The molecule has 128 valence electrons. The Morgan fingerprint density at radius 1 is 1.04 bits per heavy atom. The molecule has 0 saturated heterocycles. The summed E-state index contributed by atoms with van der Waals surface area (Å²) < 4.78 is 24.4. The van der Waals surface area contributed by atoms with Gasteiger partial charge < -0.3 is 9.47 Å². The topological polar surface area (TPSA) is 57.1 Å². The lowest BCUT2D eigenvalue weighted by molar-refractivity contribution is 0.292. The van der Waals surface area contributed by atoms with Crippen LogP contribution in [-0.2, 0) is 13.0 Å². The van der Waals surface area contributed by atoms with Crippen molar-refractivity contribution in [3.63, 3.8) is 0 Å². The summed E-state index contributed by atoms with van der Waals surface area (Å²) in [5, 5.41) is 0. The fourth-order valence-electron chi connectivity index (χ4n) is 2.31. The number of benzene rings is 1. The Morgan fingerprint density at radius 3 is 2.52 bits per heavy atom. The predicted octanol–water partition coefficient (Wildman–Crippen LogP) is 3.83. The first-order chi connectivity index (χ1) is 12.2. The summed E-state index contributed by atoms with van der Waals surface area (Å²) in [4.78, 5) is 13.0. The van der Waals surface area contributed by atoms with Gasteiger partial charge in [-0.05, 0) is 36.2 Å². The maximum absolute atomic E-state index is 13.8. The van der Waals surface area contributed by atoms with Gasteiger partial charge in [-0.15, -0.1) is 0 Å². The van der Waals surface area contributed by atoms with Gasteiger partial charge in [0.1, 0.15) is 6.61 Å². The van der Waals surface area contributed by atoms with Gasteiger partial charge in [0, 0.05) is 29.7 Å². The Balaban J connectivity index is 1.81. The molecule has 2 heterocycles. The molecule has 0 radical (unpaired) electrons. The van der Waals surface area contributed by atoms with E-state index in [4.69, 9.17) is 9.47 Å². The van der Waals surface area contributed by atoms with E-state index in [1.165, 1.54) is 13.2 Å². The lowest BCUT2D eigenvalue weighted by Gasteiger charge is -2.10. The smallest absolute Gasteiger partial charge is 0.217 e. The summed E-state index contributed by atoms with van der Waals surface area (Å²) in [6.45, 7) is 2.22. The summed E-state index contributed by atoms with van der Waals surface area (Å²) in [5.41, 5.74) is 2.43. The monoisotopic (exact) mass is 339 g/mol. The minimum Gasteiger partial charge on any atom is -0.494 e. The van der Waals surface area contributed by atoms with E-state index in [1.54, 1.807) is 30.6 Å². The highest BCUT2D eigenvalue weighted by Crippen LogP contribution is 2.21. The summed E-state index contributed by atoms with van der Waals surface area (Å²) in [7, 11) is 1.43. The van der Waals surface area contributed by atoms with Crippen LogP contribution in [-0.4, -0.2) is 22.1 Å². The maximum Gasteiger partial charge on any atom is 0.217 e. The van der Waals surface area contributed by atoms with Crippen molar-refractivity contribution in [3.8, 4) is 23.0 Å². The first-order valence-corrected chi connectivity index (χ1v) is 7.93. The first-order valence-electron chi connectivity index (χ1n) is 7.93. The maximum atomic E-state index is 13.8. The normalized spacial score (nSPS) is 10.5. The number of aromatic nitrogens is 3. The van der Waals surface area contributed by atoms with E-state index in [-0.39, 0.29) is 12.4 Å². The number of aryl methyl sites for hydroxylation is 1. The van der Waals surface area contributed by atoms with Crippen molar-refractivity contribution in [3.05, 3.63) is 65.9 Å². The summed E-state index contributed by atoms with van der Waals surface area (Å²) >= 11 is 0. The standard InChI is InChI=1S/C19H18FN3O2/c1-3-15-11-18(23-19(22-15)14-6-8-21-9-7-14)25-12-13-4-5-17(24-2)16(20)10-13/h4-11H,3,12H2,1-2H3. The molecule has 0 atom stereocenters. The molecule has 1 aromatic carbocycles. The third-order valence-electron chi connectivity index (χ3n) is 3.66. The molecule has 5 nitrogen and oxygen atoms in total. The fourth-order valence-corrected chi connectivity index (χ4v) is 2.31. The minimum atomic E-state index is -0.419. The van der Waals surface area contributed by atoms with Gasteiger partial charge in [-0.3, -0.25) is 4.98 Å². The number of methoxy groups -OCH3 is 1. The Morgan fingerprint density at radius 2 is 1.84 bits per heavy atom. The molecule has 0 unspecified atom stereocenters. The second-order valence-electron chi connectivity index (χ2n) is 5.37. The average Bonchev–Trinajstić information content (AvgIpc) is 2.67. The van der Waals surface area contributed by atoms with E-state index in [0.29, 0.717) is 17.3 Å². The van der Waals surface area contributed by atoms with Crippen LogP contribution in [0.5, 0.6) is 11.6 Å². The van der Waals surface area contributed by atoms with Gasteiger partial charge in [0.05, 0.1) is 7.11 Å². The highest BCUT2D eigenvalue weighted by atomic mass is 19.1. The highest BCUT2D eigenvalue weighted by Gasteiger charge is 2.09. The molecule has 0 bridgehead atoms. The van der Waals surface area contributed by atoms with Crippen LogP contribution >= 0.6 is 0 Å². The van der Waals surface area contributed by atoms with Gasteiger partial charge in [-0.2, -0.15) is 4.98 Å². The summed E-state index contributed by atoms with van der Waals surface area (Å²) in [5.74, 6) is 0.824. The van der Waals surface area contributed by atoms with Gasteiger partial charge in [-0.25, -0.2) is 9.37 Å². The number of hydrogen-bond acceptors (Lipinski definition) is 5. The Bertz CT molecular complexity index is 857. The van der Waals surface area contributed by atoms with Gasteiger partial charge in [0.15, 0.2) is 17.4 Å². The second-order valence-corrected chi connectivity index (χ2v) is 5.37. The lowest BCUT2D eigenvalue weighted by atomic mass is 10.2. The zero-order valence-electron chi connectivity index (χ0n) is 14.1. The first kappa shape index (κ1) is 16.8. The van der Waals surface area contributed by atoms with Gasteiger partial charge in [0.25, 0.3) is 0 Å². The van der Waals surface area contributed by atoms with Crippen molar-refractivity contribution in [2.24, 2.45) is 0 Å². The van der Waals surface area contributed by atoms with Crippen LogP contribution in [0.25, 0.3) is 11.4 Å². The quantitative estimate of drug-likeness (QED) is 0.683. The molecule has 0 spiro atoms. The SMILES string of the molecule is CCc1cc(OCc2ccc(OC)c(F)c2)nc(-c2ccncc2)n1. The number of ether oxygens (including phenoxy) is 2. The third-order valence-corrected chi connectivity index (χ3v) is 3.66. The largest absolute Gasteiger partial charge is 0.494 e. The van der Waals surface area contributed by atoms with Crippen LogP contribution in [0.15, 0.2) is 48.8 Å². The van der Waals surface area contributed by atoms with E-state index in [1.807, 2.05) is 19.1 Å². The van der Waals surface area contributed by atoms with E-state index in [9.17, 15) is 4.39 Å². The molecule has 3 rings (SSSR count). The van der Waals surface area contributed by atoms with Crippen LogP contribution < -0.4 is 9.47 Å². The zero-order valence-corrected chi connectivity index (χ0v) is 14.1. The van der Waals surface area contributed by atoms with Crippen molar-refractivity contribution in [1.29, 1.82) is 0 Å². The van der Waals surface area contributed by atoms with Crippen LogP contribution in [0.4, 0.5) is 4.39 Å². The van der Waals surface area contributed by atoms with Crippen molar-refractivity contribution in [2.75, 3.05) is 7.11 Å². The van der Waals surface area contributed by atoms with Gasteiger partial charge >= 0.3 is 0 Å². The molecule has 6 heteroatoms. The van der Waals surface area contributed by atoms with E-state index >= 15 is 0 Å². The summed E-state index contributed by atoms with van der Waals surface area (Å²) in [6, 6.07) is 10.2. The number of pyridine rings is 1.